The van der Waals surface area contributed by atoms with Crippen molar-refractivity contribution in [1.82, 2.24) is 9.13 Å². The predicted octanol–water partition coefficient (Wildman–Crippen LogP) is 10.2. The minimum Gasteiger partial charge on any atom is -0.309 e. The van der Waals surface area contributed by atoms with Gasteiger partial charge in [-0.3, -0.25) is 0 Å². The van der Waals surface area contributed by atoms with Crippen LogP contribution >= 0.6 is 0 Å². The highest BCUT2D eigenvalue weighted by Crippen LogP contribution is 2.50. The molecule has 8 aromatic rings. The van der Waals surface area contributed by atoms with Gasteiger partial charge in [0.1, 0.15) is 0 Å². The molecule has 0 saturated carbocycles. The minimum atomic E-state index is -0.0661. The first kappa shape index (κ1) is 22.7. The molecule has 0 atom stereocenters. The van der Waals surface area contributed by atoms with Crippen molar-refractivity contribution >= 4 is 43.6 Å². The van der Waals surface area contributed by atoms with Crippen LogP contribution < -0.4 is 0 Å². The summed E-state index contributed by atoms with van der Waals surface area (Å²) in [5.41, 5.74) is 12.7. The number of rotatable bonds is 2. The van der Waals surface area contributed by atoms with Gasteiger partial charge in [-0.05, 0) is 70.8 Å². The lowest BCUT2D eigenvalue weighted by Gasteiger charge is -2.22. The molecule has 0 amide bonds. The molecule has 0 unspecified atom stereocenters. The fraction of sp³-hybridized carbons (Fsp3) is 0.0769. The fourth-order valence-electron chi connectivity index (χ4n) is 7.42. The van der Waals surface area contributed by atoms with E-state index in [0.29, 0.717) is 0 Å². The summed E-state index contributed by atoms with van der Waals surface area (Å²) < 4.78 is 4.85. The normalized spacial score (nSPS) is 13.8. The van der Waals surface area contributed by atoms with Gasteiger partial charge in [-0.2, -0.15) is 0 Å². The molecule has 0 aliphatic heterocycles. The molecule has 2 nitrogen and oxygen atoms in total. The van der Waals surface area contributed by atoms with Gasteiger partial charge in [0.05, 0.1) is 22.1 Å². The van der Waals surface area contributed by atoms with Gasteiger partial charge in [-0.1, -0.05) is 98.8 Å². The van der Waals surface area contributed by atoms with E-state index >= 15 is 0 Å². The molecule has 0 saturated heterocycles. The summed E-state index contributed by atoms with van der Waals surface area (Å²) in [6.07, 6.45) is 0. The molecular weight excluding hydrogens is 496 g/mol. The second-order valence-corrected chi connectivity index (χ2v) is 11.8. The Balaban J connectivity index is 1.31. The first-order valence-electron chi connectivity index (χ1n) is 14.4. The molecule has 0 fully saturated rings. The average Bonchev–Trinajstić information content (AvgIpc) is 3.61. The Morgan fingerprint density at radius 1 is 0.390 bits per heavy atom. The van der Waals surface area contributed by atoms with Crippen molar-refractivity contribution in [3.8, 4) is 22.5 Å². The molecule has 194 valence electrons. The van der Waals surface area contributed by atoms with Gasteiger partial charge in [0.25, 0.3) is 0 Å². The Kier molecular flexibility index (Phi) is 4.42. The maximum Gasteiger partial charge on any atom is 0.0541 e. The van der Waals surface area contributed by atoms with E-state index in [9.17, 15) is 0 Å². The number of para-hydroxylation sites is 4. The molecule has 2 heterocycles. The van der Waals surface area contributed by atoms with Gasteiger partial charge in [0.15, 0.2) is 0 Å². The van der Waals surface area contributed by atoms with Gasteiger partial charge in [0, 0.05) is 38.3 Å². The molecule has 9 rings (SSSR count). The van der Waals surface area contributed by atoms with Gasteiger partial charge in [0.2, 0.25) is 0 Å². The maximum absolute atomic E-state index is 2.42. The van der Waals surface area contributed by atoms with Crippen molar-refractivity contribution in [1.29, 1.82) is 0 Å². The van der Waals surface area contributed by atoms with Crippen LogP contribution in [-0.4, -0.2) is 9.13 Å². The molecule has 1 aliphatic carbocycles. The summed E-state index contributed by atoms with van der Waals surface area (Å²) >= 11 is 0. The third-order valence-electron chi connectivity index (χ3n) is 9.32. The summed E-state index contributed by atoms with van der Waals surface area (Å²) in [4.78, 5) is 0. The van der Waals surface area contributed by atoms with Crippen molar-refractivity contribution in [3.05, 3.63) is 145 Å². The van der Waals surface area contributed by atoms with Crippen molar-refractivity contribution in [2.24, 2.45) is 0 Å². The van der Waals surface area contributed by atoms with E-state index in [1.807, 2.05) is 0 Å². The quantitative estimate of drug-likeness (QED) is 0.213. The lowest BCUT2D eigenvalue weighted by Crippen LogP contribution is -2.15. The molecule has 0 radical (unpaired) electrons. The highest BCUT2D eigenvalue weighted by atomic mass is 15.0. The summed E-state index contributed by atoms with van der Waals surface area (Å²) in [5.74, 6) is 0. The van der Waals surface area contributed by atoms with Crippen LogP contribution in [0.3, 0.4) is 0 Å². The number of nitrogens with zero attached hydrogens (tertiary/aromatic N) is 2. The lowest BCUT2D eigenvalue weighted by atomic mass is 9.82. The van der Waals surface area contributed by atoms with E-state index < -0.39 is 0 Å². The van der Waals surface area contributed by atoms with Crippen LogP contribution in [0.25, 0.3) is 66.1 Å². The molecule has 41 heavy (non-hydrogen) atoms. The van der Waals surface area contributed by atoms with Crippen molar-refractivity contribution < 1.29 is 0 Å². The van der Waals surface area contributed by atoms with Crippen LogP contribution in [0.2, 0.25) is 0 Å². The Bertz CT molecular complexity index is 2070. The Hall–Kier alpha value is -5.08. The standard InChI is InChI=1S/C39H28N2/c1-39(2)33-21-19-25(40-35-15-7-3-11-27(35)28-12-4-8-16-36(28)40)23-31(33)32-24-26(20-22-34(32)39)41-37-17-9-5-13-29(37)30-14-6-10-18-38(30)41/h3-24H,1-2H3. The van der Waals surface area contributed by atoms with Crippen LogP contribution in [0.4, 0.5) is 0 Å². The van der Waals surface area contributed by atoms with Crippen LogP contribution in [-0.2, 0) is 5.41 Å². The van der Waals surface area contributed by atoms with E-state index in [2.05, 4.69) is 156 Å². The third-order valence-corrected chi connectivity index (χ3v) is 9.32. The average molecular weight is 525 g/mol. The largest absolute Gasteiger partial charge is 0.309 e. The Labute approximate surface area is 238 Å². The second kappa shape index (κ2) is 7.99. The van der Waals surface area contributed by atoms with Gasteiger partial charge in [-0.25, -0.2) is 0 Å². The molecule has 2 heteroatoms. The van der Waals surface area contributed by atoms with Crippen molar-refractivity contribution in [2.45, 2.75) is 19.3 Å². The Morgan fingerprint density at radius 3 is 1.05 bits per heavy atom. The van der Waals surface area contributed by atoms with Crippen LogP contribution in [0.15, 0.2) is 133 Å². The van der Waals surface area contributed by atoms with Gasteiger partial charge < -0.3 is 9.13 Å². The van der Waals surface area contributed by atoms with E-state index in [4.69, 9.17) is 0 Å². The molecule has 6 aromatic carbocycles. The van der Waals surface area contributed by atoms with Crippen molar-refractivity contribution in [2.75, 3.05) is 0 Å². The molecule has 0 bridgehead atoms. The molecular formula is C39H28N2. The summed E-state index contributed by atoms with van der Waals surface area (Å²) in [6.45, 7) is 4.72. The number of aromatic nitrogens is 2. The molecule has 0 spiro atoms. The first-order valence-corrected chi connectivity index (χ1v) is 14.4. The van der Waals surface area contributed by atoms with Crippen molar-refractivity contribution in [3.63, 3.8) is 0 Å². The fourth-order valence-corrected chi connectivity index (χ4v) is 7.42. The third kappa shape index (κ3) is 2.97. The zero-order valence-electron chi connectivity index (χ0n) is 23.1. The minimum absolute atomic E-state index is 0.0661. The molecule has 0 N–H and O–H groups in total. The van der Waals surface area contributed by atoms with Crippen LogP contribution in [0.1, 0.15) is 25.0 Å². The SMILES string of the molecule is CC1(C)c2ccc(-n3c4ccccc4c4ccccc43)cc2-c2cc(-n3c4ccccc4c4ccccc43)ccc21. The second-order valence-electron chi connectivity index (χ2n) is 11.8. The topological polar surface area (TPSA) is 9.86 Å². The van der Waals surface area contributed by atoms with E-state index in [1.54, 1.807) is 0 Å². The lowest BCUT2D eigenvalue weighted by molar-refractivity contribution is 0.660. The highest BCUT2D eigenvalue weighted by Gasteiger charge is 2.36. The number of fused-ring (bicyclic) bond motifs is 9. The summed E-state index contributed by atoms with van der Waals surface area (Å²) in [7, 11) is 0. The van der Waals surface area contributed by atoms with Gasteiger partial charge >= 0.3 is 0 Å². The predicted molar refractivity (Wildman–Crippen MR) is 173 cm³/mol. The van der Waals surface area contributed by atoms with E-state index in [1.165, 1.54) is 77.2 Å². The Morgan fingerprint density at radius 2 is 0.707 bits per heavy atom. The van der Waals surface area contributed by atoms with Crippen LogP contribution in [0, 0.1) is 0 Å². The molecule has 1 aliphatic rings. The number of hydrogen-bond acceptors (Lipinski definition) is 0. The molecule has 2 aromatic heterocycles. The van der Waals surface area contributed by atoms with E-state index in [0.717, 1.165) is 0 Å². The maximum atomic E-state index is 2.42. The number of hydrogen-bond donors (Lipinski definition) is 0. The number of benzene rings is 6. The smallest absolute Gasteiger partial charge is 0.0541 e. The monoisotopic (exact) mass is 524 g/mol. The van der Waals surface area contributed by atoms with Gasteiger partial charge in [-0.15, -0.1) is 0 Å². The highest BCUT2D eigenvalue weighted by molar-refractivity contribution is 6.10. The summed E-state index contributed by atoms with van der Waals surface area (Å²) in [6, 6.07) is 49.1. The summed E-state index contributed by atoms with van der Waals surface area (Å²) in [5, 5.41) is 5.16. The van der Waals surface area contributed by atoms with E-state index in [-0.39, 0.29) is 5.41 Å². The zero-order valence-corrected chi connectivity index (χ0v) is 23.1. The first-order chi connectivity index (χ1) is 20.1. The zero-order chi connectivity index (χ0) is 27.3. The van der Waals surface area contributed by atoms with Crippen LogP contribution in [0.5, 0.6) is 0 Å².